The molecule has 2 aromatic rings. The minimum absolute atomic E-state index is 0.0210. The first-order valence-electron chi connectivity index (χ1n) is 5.71. The molecule has 1 unspecified atom stereocenters. The molecule has 1 atom stereocenters. The molecule has 85 valence electrons. The van der Waals surface area contributed by atoms with Crippen molar-refractivity contribution in [2.75, 3.05) is 0 Å². The molecule has 1 nitrogen and oxygen atoms in total. The summed E-state index contributed by atoms with van der Waals surface area (Å²) in [5.41, 5.74) is 2.50. The van der Waals surface area contributed by atoms with Gasteiger partial charge in [-0.05, 0) is 35.2 Å². The molecular weight excluding hydrogens is 224 g/mol. The average molecular weight is 239 g/mol. The average Bonchev–Trinajstić information content (AvgIpc) is 2.38. The molecule has 3 radical (unpaired) electrons. The first-order chi connectivity index (χ1) is 8.27. The SMILES string of the molecule is C=CCc1ccc2ccccc2c1C(C)O[Si]. The molecule has 0 saturated heterocycles. The minimum Gasteiger partial charge on any atom is -0.412 e. The lowest BCUT2D eigenvalue weighted by Gasteiger charge is -2.17. The highest BCUT2D eigenvalue weighted by Crippen LogP contribution is 2.29. The zero-order valence-electron chi connectivity index (χ0n) is 9.94. The largest absolute Gasteiger partial charge is 0.412 e. The molecule has 2 heteroatoms. The maximum atomic E-state index is 5.30. The van der Waals surface area contributed by atoms with Gasteiger partial charge in [0.25, 0.3) is 0 Å². The molecule has 2 rings (SSSR count). The molecular formula is C15H15OSi. The molecule has 0 N–H and O–H groups in total. The summed E-state index contributed by atoms with van der Waals surface area (Å²) in [6, 6.07) is 12.7. The number of benzene rings is 2. The van der Waals surface area contributed by atoms with Crippen molar-refractivity contribution in [3.8, 4) is 0 Å². The van der Waals surface area contributed by atoms with Crippen LogP contribution in [0.4, 0.5) is 0 Å². The van der Waals surface area contributed by atoms with Crippen LogP contribution in [0.25, 0.3) is 10.8 Å². The van der Waals surface area contributed by atoms with Gasteiger partial charge in [-0.1, -0.05) is 42.5 Å². The van der Waals surface area contributed by atoms with Crippen LogP contribution in [0.1, 0.15) is 24.2 Å². The molecule has 2 aromatic carbocycles. The molecule has 0 saturated carbocycles. The standard InChI is InChI=1S/C15H15OSi/c1-3-6-13-10-9-12-7-4-5-8-14(12)15(13)11(2)16-17/h3-5,7-11H,1,6H2,2H3. The summed E-state index contributed by atoms with van der Waals surface area (Å²) in [5, 5.41) is 2.49. The third kappa shape index (κ3) is 2.33. The fraction of sp³-hybridized carbons (Fsp3) is 0.200. The van der Waals surface area contributed by atoms with Crippen molar-refractivity contribution in [3.63, 3.8) is 0 Å². The summed E-state index contributed by atoms with van der Waals surface area (Å²) in [6.45, 7) is 5.85. The van der Waals surface area contributed by atoms with E-state index in [1.165, 1.54) is 21.9 Å². The van der Waals surface area contributed by atoms with Gasteiger partial charge in [0.1, 0.15) is 0 Å². The van der Waals surface area contributed by atoms with Crippen molar-refractivity contribution < 1.29 is 4.43 Å². The summed E-state index contributed by atoms with van der Waals surface area (Å²) >= 11 is 0. The second kappa shape index (κ2) is 5.30. The maximum Gasteiger partial charge on any atom is 0.247 e. The molecule has 0 aliphatic heterocycles. The fourth-order valence-electron chi connectivity index (χ4n) is 2.21. The predicted molar refractivity (Wildman–Crippen MR) is 73.1 cm³/mol. The smallest absolute Gasteiger partial charge is 0.247 e. The Hall–Kier alpha value is -1.38. The van der Waals surface area contributed by atoms with Crippen LogP contribution >= 0.6 is 0 Å². The Morgan fingerprint density at radius 3 is 2.76 bits per heavy atom. The Kier molecular flexibility index (Phi) is 3.77. The van der Waals surface area contributed by atoms with Crippen molar-refractivity contribution in [3.05, 3.63) is 60.2 Å². The predicted octanol–water partition coefficient (Wildman–Crippen LogP) is 3.73. The van der Waals surface area contributed by atoms with Gasteiger partial charge in [0.15, 0.2) is 0 Å². The number of hydrogen-bond donors (Lipinski definition) is 0. The van der Waals surface area contributed by atoms with Gasteiger partial charge < -0.3 is 4.43 Å². The number of hydrogen-bond acceptors (Lipinski definition) is 1. The van der Waals surface area contributed by atoms with E-state index in [9.17, 15) is 0 Å². The monoisotopic (exact) mass is 239 g/mol. The van der Waals surface area contributed by atoms with Gasteiger partial charge >= 0.3 is 0 Å². The van der Waals surface area contributed by atoms with E-state index in [-0.39, 0.29) is 6.10 Å². The van der Waals surface area contributed by atoms with Gasteiger partial charge in [0, 0.05) is 0 Å². The summed E-state index contributed by atoms with van der Waals surface area (Å²) in [6.07, 6.45) is 2.81. The number of allylic oxidation sites excluding steroid dienone is 1. The van der Waals surface area contributed by atoms with E-state index in [4.69, 9.17) is 4.43 Å². The van der Waals surface area contributed by atoms with Crippen molar-refractivity contribution in [1.82, 2.24) is 0 Å². The van der Waals surface area contributed by atoms with Crippen molar-refractivity contribution in [2.45, 2.75) is 19.4 Å². The number of fused-ring (bicyclic) bond motifs is 1. The third-order valence-corrected chi connectivity index (χ3v) is 3.36. The van der Waals surface area contributed by atoms with E-state index in [1.54, 1.807) is 0 Å². The molecule has 0 amide bonds. The van der Waals surface area contributed by atoms with Crippen LogP contribution in [0.2, 0.25) is 0 Å². The second-order valence-electron chi connectivity index (χ2n) is 4.11. The minimum atomic E-state index is 0.0210. The van der Waals surface area contributed by atoms with Gasteiger partial charge in [0.05, 0.1) is 6.10 Å². The van der Waals surface area contributed by atoms with Gasteiger partial charge in [0.2, 0.25) is 10.5 Å². The molecule has 0 fully saturated rings. The lowest BCUT2D eigenvalue weighted by atomic mass is 9.94. The maximum absolute atomic E-state index is 5.30. The molecule has 0 heterocycles. The molecule has 0 aromatic heterocycles. The first kappa shape index (κ1) is 12.1. The van der Waals surface area contributed by atoms with Gasteiger partial charge in [-0.3, -0.25) is 0 Å². The number of rotatable bonds is 4. The Morgan fingerprint density at radius 1 is 1.29 bits per heavy atom. The van der Waals surface area contributed by atoms with Crippen LogP contribution in [-0.4, -0.2) is 10.5 Å². The molecule has 0 spiro atoms. The highest BCUT2D eigenvalue weighted by molar-refractivity contribution is 5.98. The van der Waals surface area contributed by atoms with Gasteiger partial charge in [-0.2, -0.15) is 0 Å². The quantitative estimate of drug-likeness (QED) is 0.583. The normalized spacial score (nSPS) is 12.6. The Labute approximate surface area is 106 Å². The highest BCUT2D eigenvalue weighted by Gasteiger charge is 2.12. The molecule has 0 bridgehead atoms. The summed E-state index contributed by atoms with van der Waals surface area (Å²) in [4.78, 5) is 0. The highest BCUT2D eigenvalue weighted by atomic mass is 28.2. The Balaban J connectivity index is 2.69. The second-order valence-corrected chi connectivity index (χ2v) is 4.35. The van der Waals surface area contributed by atoms with Crippen LogP contribution in [-0.2, 0) is 10.8 Å². The van der Waals surface area contributed by atoms with Gasteiger partial charge in [-0.25, -0.2) is 0 Å². The fourth-order valence-corrected chi connectivity index (χ4v) is 2.33. The lowest BCUT2D eigenvalue weighted by Crippen LogP contribution is -2.02. The summed E-state index contributed by atoms with van der Waals surface area (Å²) < 4.78 is 5.30. The van der Waals surface area contributed by atoms with Crippen LogP contribution < -0.4 is 0 Å². The topological polar surface area (TPSA) is 9.23 Å². The van der Waals surface area contributed by atoms with Crippen LogP contribution in [0, 0.1) is 0 Å². The zero-order valence-corrected chi connectivity index (χ0v) is 10.9. The first-order valence-corrected chi connectivity index (χ1v) is 6.12. The van der Waals surface area contributed by atoms with E-state index in [1.807, 2.05) is 13.0 Å². The zero-order chi connectivity index (χ0) is 12.3. The van der Waals surface area contributed by atoms with Gasteiger partial charge in [-0.15, -0.1) is 6.58 Å². The van der Waals surface area contributed by atoms with Crippen molar-refractivity contribution >= 4 is 21.3 Å². The van der Waals surface area contributed by atoms with E-state index >= 15 is 0 Å². The van der Waals surface area contributed by atoms with E-state index in [2.05, 4.69) is 53.5 Å². The summed E-state index contributed by atoms with van der Waals surface area (Å²) in [5.74, 6) is 0. The van der Waals surface area contributed by atoms with E-state index in [0.717, 1.165) is 6.42 Å². The molecule has 17 heavy (non-hydrogen) atoms. The van der Waals surface area contributed by atoms with Crippen LogP contribution in [0.15, 0.2) is 49.1 Å². The Bertz CT molecular complexity index is 533. The molecule has 0 aliphatic carbocycles. The van der Waals surface area contributed by atoms with E-state index in [0.29, 0.717) is 0 Å². The Morgan fingerprint density at radius 2 is 2.06 bits per heavy atom. The molecule has 0 aliphatic rings. The summed E-state index contributed by atoms with van der Waals surface area (Å²) in [7, 11) is 3.15. The lowest BCUT2D eigenvalue weighted by molar-refractivity contribution is 0.251. The third-order valence-electron chi connectivity index (χ3n) is 3.01. The van der Waals surface area contributed by atoms with Crippen LogP contribution in [0.3, 0.4) is 0 Å². The van der Waals surface area contributed by atoms with Crippen LogP contribution in [0.5, 0.6) is 0 Å². The van der Waals surface area contributed by atoms with Crippen molar-refractivity contribution in [1.29, 1.82) is 0 Å². The van der Waals surface area contributed by atoms with Crippen molar-refractivity contribution in [2.24, 2.45) is 0 Å². The van der Waals surface area contributed by atoms with E-state index < -0.39 is 0 Å².